The molecule has 1 fully saturated rings. The number of esters is 1. The monoisotopic (exact) mass is 439 g/mol. The van der Waals surface area contributed by atoms with Crippen LogP contribution in [0.1, 0.15) is 48.4 Å². The number of hydrogen-bond acceptors (Lipinski definition) is 3. The molecule has 4 nitrogen and oxygen atoms in total. The van der Waals surface area contributed by atoms with Crippen LogP contribution in [-0.4, -0.2) is 24.1 Å². The van der Waals surface area contributed by atoms with Crippen molar-refractivity contribution >= 4 is 11.5 Å². The molecule has 0 aliphatic heterocycles. The van der Waals surface area contributed by atoms with E-state index in [1.807, 2.05) is 12.1 Å². The van der Waals surface area contributed by atoms with Crippen LogP contribution in [0.3, 0.4) is 0 Å². The minimum atomic E-state index is -0.378. The summed E-state index contributed by atoms with van der Waals surface area (Å²) >= 11 is 0. The number of carbonyl (C=O) groups is 1. The van der Waals surface area contributed by atoms with Gasteiger partial charge in [0.05, 0.1) is 12.6 Å². The van der Waals surface area contributed by atoms with E-state index in [-0.39, 0.29) is 12.6 Å². The number of carbonyl (C=O) groups excluding carboxylic acids is 1. The summed E-state index contributed by atoms with van der Waals surface area (Å²) < 4.78 is 12.9. The standard InChI is InChI=1S/C29H29NO3/c1-32-29(31)20-33-28-16-9-17-30-26(25(19-27(28)30)22-12-5-6-13-22)18-23-14-7-8-15-24(23)21-10-3-2-4-11-21/h2-4,7-11,14-17,19,22H,5-6,12-13,18,20H2,1H3. The van der Waals surface area contributed by atoms with E-state index in [1.165, 1.54) is 60.7 Å². The highest BCUT2D eigenvalue weighted by molar-refractivity contribution is 5.72. The molecule has 4 heteroatoms. The third-order valence-electron chi connectivity index (χ3n) is 6.74. The van der Waals surface area contributed by atoms with Gasteiger partial charge in [-0.2, -0.15) is 0 Å². The van der Waals surface area contributed by atoms with E-state index in [0.29, 0.717) is 11.7 Å². The Morgan fingerprint density at radius 1 is 0.970 bits per heavy atom. The fourth-order valence-electron chi connectivity index (χ4n) is 5.10. The van der Waals surface area contributed by atoms with Crippen molar-refractivity contribution in [3.05, 3.63) is 95.8 Å². The predicted molar refractivity (Wildman–Crippen MR) is 131 cm³/mol. The fourth-order valence-corrected chi connectivity index (χ4v) is 5.10. The van der Waals surface area contributed by atoms with Crippen molar-refractivity contribution < 1.29 is 14.3 Å². The van der Waals surface area contributed by atoms with Crippen molar-refractivity contribution in [3.8, 4) is 16.9 Å². The minimum absolute atomic E-state index is 0.0910. The first-order valence-corrected chi connectivity index (χ1v) is 11.7. The maximum Gasteiger partial charge on any atom is 0.343 e. The van der Waals surface area contributed by atoms with Crippen LogP contribution >= 0.6 is 0 Å². The maximum absolute atomic E-state index is 11.7. The summed E-state index contributed by atoms with van der Waals surface area (Å²) in [7, 11) is 1.38. The lowest BCUT2D eigenvalue weighted by Crippen LogP contribution is -2.12. The summed E-state index contributed by atoms with van der Waals surface area (Å²) in [6, 6.07) is 25.5. The normalized spacial score (nSPS) is 14.0. The zero-order chi connectivity index (χ0) is 22.6. The third-order valence-corrected chi connectivity index (χ3v) is 6.74. The Morgan fingerprint density at radius 2 is 1.73 bits per heavy atom. The molecule has 168 valence electrons. The SMILES string of the molecule is COC(=O)COc1cccn2c(Cc3ccccc3-c3ccccc3)c(C3CCCC3)cc12. The molecule has 2 heterocycles. The van der Waals surface area contributed by atoms with Gasteiger partial charge in [-0.3, -0.25) is 0 Å². The molecule has 1 saturated carbocycles. The molecule has 0 saturated heterocycles. The van der Waals surface area contributed by atoms with Crippen LogP contribution in [0.5, 0.6) is 5.75 Å². The first kappa shape index (κ1) is 21.3. The Morgan fingerprint density at radius 3 is 2.52 bits per heavy atom. The molecular formula is C29H29NO3. The van der Waals surface area contributed by atoms with Gasteiger partial charge in [0.15, 0.2) is 6.61 Å². The van der Waals surface area contributed by atoms with Gasteiger partial charge in [-0.25, -0.2) is 4.79 Å². The van der Waals surface area contributed by atoms with Crippen molar-refractivity contribution in [1.29, 1.82) is 0 Å². The molecule has 0 unspecified atom stereocenters. The Hall–Kier alpha value is -3.53. The van der Waals surface area contributed by atoms with Crippen molar-refractivity contribution in [1.82, 2.24) is 4.40 Å². The highest BCUT2D eigenvalue weighted by atomic mass is 16.6. The lowest BCUT2D eigenvalue weighted by Gasteiger charge is -2.15. The number of hydrogen-bond donors (Lipinski definition) is 0. The number of methoxy groups -OCH3 is 1. The second-order valence-electron chi connectivity index (χ2n) is 8.72. The molecule has 1 aliphatic rings. The molecule has 4 aromatic rings. The van der Waals surface area contributed by atoms with Gasteiger partial charge in [-0.15, -0.1) is 0 Å². The van der Waals surface area contributed by atoms with Gasteiger partial charge in [-0.1, -0.05) is 67.4 Å². The number of benzene rings is 2. The van der Waals surface area contributed by atoms with Crippen LogP contribution < -0.4 is 4.74 Å². The molecular weight excluding hydrogens is 410 g/mol. The van der Waals surface area contributed by atoms with E-state index in [0.717, 1.165) is 11.9 Å². The van der Waals surface area contributed by atoms with Gasteiger partial charge in [0.25, 0.3) is 0 Å². The second kappa shape index (κ2) is 9.53. The van der Waals surface area contributed by atoms with Crippen molar-refractivity contribution in [2.75, 3.05) is 13.7 Å². The molecule has 0 radical (unpaired) electrons. The number of pyridine rings is 1. The summed E-state index contributed by atoms with van der Waals surface area (Å²) in [4.78, 5) is 11.7. The zero-order valence-corrected chi connectivity index (χ0v) is 19.0. The van der Waals surface area contributed by atoms with E-state index in [1.54, 1.807) is 0 Å². The van der Waals surface area contributed by atoms with Crippen LogP contribution in [-0.2, 0) is 16.0 Å². The second-order valence-corrected chi connectivity index (χ2v) is 8.72. The van der Waals surface area contributed by atoms with E-state index in [4.69, 9.17) is 9.47 Å². The highest BCUT2D eigenvalue weighted by Crippen LogP contribution is 2.40. The molecule has 0 spiro atoms. The summed E-state index contributed by atoms with van der Waals surface area (Å²) in [5, 5.41) is 0. The van der Waals surface area contributed by atoms with E-state index >= 15 is 0 Å². The van der Waals surface area contributed by atoms with Crippen LogP contribution in [0.15, 0.2) is 79.0 Å². The van der Waals surface area contributed by atoms with E-state index in [2.05, 4.69) is 71.3 Å². The quantitative estimate of drug-likeness (QED) is 0.313. The molecule has 0 N–H and O–H groups in total. The van der Waals surface area contributed by atoms with E-state index < -0.39 is 0 Å². The average Bonchev–Trinajstić information content (AvgIpc) is 3.52. The van der Waals surface area contributed by atoms with Gasteiger partial charge < -0.3 is 13.9 Å². The van der Waals surface area contributed by atoms with Crippen LogP contribution in [0.25, 0.3) is 16.6 Å². The summed E-state index contributed by atoms with van der Waals surface area (Å²) in [5.41, 5.74) is 7.54. The number of fused-ring (bicyclic) bond motifs is 1. The lowest BCUT2D eigenvalue weighted by atomic mass is 9.92. The Balaban J connectivity index is 1.59. The number of rotatable bonds is 7. The number of aromatic nitrogens is 1. The minimum Gasteiger partial charge on any atom is -0.480 e. The summed E-state index contributed by atoms with van der Waals surface area (Å²) in [6.45, 7) is -0.0910. The lowest BCUT2D eigenvalue weighted by molar-refractivity contribution is -0.142. The third kappa shape index (κ3) is 4.38. The first-order chi connectivity index (χ1) is 16.2. The van der Waals surface area contributed by atoms with Gasteiger partial charge in [0.1, 0.15) is 5.75 Å². The number of nitrogens with zero attached hydrogens (tertiary/aromatic N) is 1. The smallest absolute Gasteiger partial charge is 0.343 e. The van der Waals surface area contributed by atoms with E-state index in [9.17, 15) is 4.79 Å². The van der Waals surface area contributed by atoms with Gasteiger partial charge in [-0.05, 0) is 59.2 Å². The largest absolute Gasteiger partial charge is 0.480 e. The molecule has 2 aromatic carbocycles. The molecule has 1 aliphatic carbocycles. The zero-order valence-electron chi connectivity index (χ0n) is 19.0. The number of ether oxygens (including phenoxy) is 2. The molecule has 0 bridgehead atoms. The highest BCUT2D eigenvalue weighted by Gasteiger charge is 2.24. The Bertz CT molecular complexity index is 1250. The molecule has 5 rings (SSSR count). The van der Waals surface area contributed by atoms with Gasteiger partial charge in [0.2, 0.25) is 0 Å². The Labute approximate surface area is 194 Å². The maximum atomic E-state index is 11.7. The summed E-state index contributed by atoms with van der Waals surface area (Å²) in [6.07, 6.45) is 7.96. The van der Waals surface area contributed by atoms with Crippen LogP contribution in [0.2, 0.25) is 0 Å². The predicted octanol–water partition coefficient (Wildman–Crippen LogP) is 6.41. The van der Waals surface area contributed by atoms with Crippen LogP contribution in [0, 0.1) is 0 Å². The molecule has 0 amide bonds. The fraction of sp³-hybridized carbons (Fsp3) is 0.276. The summed E-state index contributed by atoms with van der Waals surface area (Å²) in [5.74, 6) is 0.901. The van der Waals surface area contributed by atoms with Gasteiger partial charge in [0, 0.05) is 18.3 Å². The van der Waals surface area contributed by atoms with Crippen molar-refractivity contribution in [2.45, 2.75) is 38.0 Å². The van der Waals surface area contributed by atoms with Crippen molar-refractivity contribution in [2.24, 2.45) is 0 Å². The van der Waals surface area contributed by atoms with Gasteiger partial charge >= 0.3 is 5.97 Å². The first-order valence-electron chi connectivity index (χ1n) is 11.7. The molecule has 2 aromatic heterocycles. The average molecular weight is 440 g/mol. The Kier molecular flexibility index (Phi) is 6.16. The topological polar surface area (TPSA) is 39.9 Å². The van der Waals surface area contributed by atoms with Crippen molar-refractivity contribution in [3.63, 3.8) is 0 Å². The molecule has 33 heavy (non-hydrogen) atoms. The molecule has 0 atom stereocenters. The van der Waals surface area contributed by atoms with Crippen LogP contribution in [0.4, 0.5) is 0 Å².